The Morgan fingerprint density at radius 1 is 1.00 bits per heavy atom. The van der Waals surface area contributed by atoms with Crippen molar-refractivity contribution >= 4 is 11.7 Å². The summed E-state index contributed by atoms with van der Waals surface area (Å²) in [6.45, 7) is 4.40. The largest absolute Gasteiger partial charge is 0.486 e. The molecule has 0 saturated heterocycles. The molecule has 3 aromatic rings. The number of hydrogen-bond donors (Lipinski definition) is 0. The van der Waals surface area contributed by atoms with Gasteiger partial charge in [0.2, 0.25) is 0 Å². The van der Waals surface area contributed by atoms with Crippen molar-refractivity contribution < 1.29 is 27.8 Å². The summed E-state index contributed by atoms with van der Waals surface area (Å²) in [5, 5.41) is 0. The quantitative estimate of drug-likeness (QED) is 0.248. The second kappa shape index (κ2) is 13.1. The number of carbonyl (C=O) groups is 1. The molecule has 234 valence electrons. The van der Waals surface area contributed by atoms with Crippen molar-refractivity contribution in [2.75, 3.05) is 32.1 Å². The topological polar surface area (TPSA) is 51.2 Å². The first kappa shape index (κ1) is 30.4. The molecule has 3 aromatic carbocycles. The number of nitrogens with zero attached hydrogens (tertiary/aromatic N) is 2. The molecule has 0 unspecified atom stereocenters. The van der Waals surface area contributed by atoms with Crippen LogP contribution >= 0.6 is 0 Å². The highest BCUT2D eigenvalue weighted by Crippen LogP contribution is 2.41. The average Bonchev–Trinajstić information content (AvgIpc) is 3.49. The van der Waals surface area contributed by atoms with Crippen molar-refractivity contribution in [2.45, 2.75) is 76.7 Å². The van der Waals surface area contributed by atoms with Gasteiger partial charge in [0.25, 0.3) is 0 Å². The molecular formula is C36H42F2N2O4. The Balaban J connectivity index is 1.20. The smallest absolute Gasteiger partial charge is 0.323 e. The highest BCUT2D eigenvalue weighted by Gasteiger charge is 2.35. The molecule has 2 heterocycles. The second-order valence-corrected chi connectivity index (χ2v) is 12.5. The van der Waals surface area contributed by atoms with Gasteiger partial charge in [0.15, 0.2) is 11.6 Å². The number of rotatable bonds is 8. The first-order valence-electron chi connectivity index (χ1n) is 15.9. The Kier molecular flexibility index (Phi) is 9.08. The van der Waals surface area contributed by atoms with E-state index in [0.717, 1.165) is 42.6 Å². The molecule has 2 aliphatic heterocycles. The molecule has 44 heavy (non-hydrogen) atoms. The van der Waals surface area contributed by atoms with Gasteiger partial charge in [0.05, 0.1) is 12.8 Å². The molecule has 0 bridgehead atoms. The molecule has 0 spiro atoms. The lowest BCUT2D eigenvalue weighted by atomic mass is 9.91. The molecule has 1 saturated carbocycles. The normalized spacial score (nSPS) is 21.2. The van der Waals surface area contributed by atoms with E-state index in [1.165, 1.54) is 50.0 Å². The van der Waals surface area contributed by atoms with Crippen LogP contribution < -0.4 is 14.4 Å². The van der Waals surface area contributed by atoms with E-state index >= 15 is 0 Å². The number of esters is 1. The summed E-state index contributed by atoms with van der Waals surface area (Å²) in [5.74, 6) is 0.255. The maximum Gasteiger partial charge on any atom is 0.323 e. The van der Waals surface area contributed by atoms with Crippen molar-refractivity contribution in [2.24, 2.45) is 5.92 Å². The number of halogens is 2. The number of benzene rings is 3. The number of carbonyl (C=O) groups excluding carboxylic acids is 1. The molecule has 0 amide bonds. The summed E-state index contributed by atoms with van der Waals surface area (Å²) >= 11 is 0. The lowest BCUT2D eigenvalue weighted by Crippen LogP contribution is -2.47. The van der Waals surface area contributed by atoms with E-state index in [1.54, 1.807) is 6.07 Å². The fraction of sp³-hybridized carbons (Fsp3) is 0.472. The zero-order chi connectivity index (χ0) is 30.8. The third-order valence-corrected chi connectivity index (χ3v) is 9.57. The van der Waals surface area contributed by atoms with Crippen LogP contribution in [0, 0.1) is 17.6 Å². The molecule has 6 rings (SSSR count). The van der Waals surface area contributed by atoms with Crippen molar-refractivity contribution in [3.05, 3.63) is 88.5 Å². The fourth-order valence-corrected chi connectivity index (χ4v) is 7.04. The van der Waals surface area contributed by atoms with Gasteiger partial charge in [-0.1, -0.05) is 38.0 Å². The van der Waals surface area contributed by atoms with E-state index < -0.39 is 11.6 Å². The first-order valence-corrected chi connectivity index (χ1v) is 15.9. The van der Waals surface area contributed by atoms with Crippen LogP contribution in [-0.2, 0) is 22.5 Å². The molecular weight excluding hydrogens is 562 g/mol. The van der Waals surface area contributed by atoms with Gasteiger partial charge >= 0.3 is 5.97 Å². The van der Waals surface area contributed by atoms with Crippen LogP contribution in [0.3, 0.4) is 0 Å². The number of anilines is 1. The van der Waals surface area contributed by atoms with E-state index in [4.69, 9.17) is 14.2 Å². The highest BCUT2D eigenvalue weighted by atomic mass is 19.2. The number of fused-ring (bicyclic) bond motifs is 2. The molecule has 8 heteroatoms. The van der Waals surface area contributed by atoms with Gasteiger partial charge in [-0.05, 0) is 90.3 Å². The molecule has 0 radical (unpaired) electrons. The van der Waals surface area contributed by atoms with Gasteiger partial charge in [-0.25, -0.2) is 8.78 Å². The number of ether oxygens (including phenoxy) is 3. The Labute approximate surface area is 258 Å². The van der Waals surface area contributed by atoms with Crippen LogP contribution in [0.4, 0.5) is 14.5 Å². The summed E-state index contributed by atoms with van der Waals surface area (Å²) in [6.07, 6.45) is 6.54. The van der Waals surface area contributed by atoms with Crippen LogP contribution in [-0.4, -0.2) is 44.2 Å². The summed E-state index contributed by atoms with van der Waals surface area (Å²) in [6, 6.07) is 15.9. The summed E-state index contributed by atoms with van der Waals surface area (Å²) in [7, 11) is 3.57. The molecule has 3 aliphatic rings. The molecule has 6 nitrogen and oxygen atoms in total. The van der Waals surface area contributed by atoms with Crippen LogP contribution in [0.5, 0.6) is 11.5 Å². The van der Waals surface area contributed by atoms with Crippen LogP contribution in [0.1, 0.15) is 79.9 Å². The molecule has 0 N–H and O–H groups in total. The summed E-state index contributed by atoms with van der Waals surface area (Å²) < 4.78 is 45.4. The minimum atomic E-state index is -0.873. The van der Waals surface area contributed by atoms with E-state index in [-0.39, 0.29) is 24.2 Å². The van der Waals surface area contributed by atoms with Gasteiger partial charge in [0, 0.05) is 33.1 Å². The minimum Gasteiger partial charge on any atom is -0.486 e. The van der Waals surface area contributed by atoms with E-state index in [9.17, 15) is 13.6 Å². The van der Waals surface area contributed by atoms with Crippen LogP contribution in [0.25, 0.3) is 0 Å². The first-order chi connectivity index (χ1) is 21.3. The molecule has 3 atom stereocenters. The Bertz CT molecular complexity index is 1470. The number of methoxy groups -OCH3 is 1. The van der Waals surface area contributed by atoms with Gasteiger partial charge in [-0.3, -0.25) is 9.69 Å². The van der Waals surface area contributed by atoms with Crippen molar-refractivity contribution in [3.63, 3.8) is 0 Å². The lowest BCUT2D eigenvalue weighted by Gasteiger charge is -2.37. The van der Waals surface area contributed by atoms with Crippen molar-refractivity contribution in [1.82, 2.24) is 4.90 Å². The lowest BCUT2D eigenvalue weighted by molar-refractivity contribution is -0.148. The summed E-state index contributed by atoms with van der Waals surface area (Å²) in [4.78, 5) is 17.4. The third-order valence-electron chi connectivity index (χ3n) is 9.57. The monoisotopic (exact) mass is 604 g/mol. The standard InChI is InChI=1S/C36H42F2N2O4/c1-4-33(25-11-14-29(37)30(38)17-25)43-28-12-9-24(10-13-28)34-15-16-39(2)31-18-26-19-32(36(41)42-3)40(21-23-7-5-6-8-23)22-27(26)20-35(31)44-34/h9-14,17-18,20,23,32-34H,4-8,15-16,19,21-22H2,1-3H3/t32-,33+,34+/m0/s1. The van der Waals surface area contributed by atoms with Crippen molar-refractivity contribution in [3.8, 4) is 11.5 Å². The van der Waals surface area contributed by atoms with E-state index in [1.807, 2.05) is 31.2 Å². The predicted molar refractivity (Wildman–Crippen MR) is 166 cm³/mol. The van der Waals surface area contributed by atoms with Gasteiger partial charge in [-0.15, -0.1) is 0 Å². The van der Waals surface area contributed by atoms with E-state index in [2.05, 4.69) is 29.0 Å². The molecule has 1 fully saturated rings. The molecule has 1 aliphatic carbocycles. The minimum absolute atomic E-state index is 0.139. The Morgan fingerprint density at radius 3 is 2.48 bits per heavy atom. The van der Waals surface area contributed by atoms with Crippen LogP contribution in [0.15, 0.2) is 54.6 Å². The Morgan fingerprint density at radius 2 is 1.77 bits per heavy atom. The zero-order valence-electron chi connectivity index (χ0n) is 25.9. The van der Waals surface area contributed by atoms with Crippen LogP contribution in [0.2, 0.25) is 0 Å². The fourth-order valence-electron chi connectivity index (χ4n) is 7.04. The predicted octanol–water partition coefficient (Wildman–Crippen LogP) is 7.54. The third kappa shape index (κ3) is 6.41. The zero-order valence-corrected chi connectivity index (χ0v) is 25.9. The second-order valence-electron chi connectivity index (χ2n) is 12.5. The Hall–Kier alpha value is -3.65. The van der Waals surface area contributed by atoms with Crippen molar-refractivity contribution in [1.29, 1.82) is 0 Å². The maximum absolute atomic E-state index is 13.8. The summed E-state index contributed by atoms with van der Waals surface area (Å²) in [5.41, 5.74) is 5.08. The number of hydrogen-bond acceptors (Lipinski definition) is 6. The SMILES string of the molecule is CC[C@@H](Oc1ccc([C@H]2CCN(C)c3cc4c(cc3O2)CN(CC2CCCC2)[C@H](C(=O)OC)C4)cc1)c1ccc(F)c(F)c1. The molecule has 0 aromatic heterocycles. The maximum atomic E-state index is 13.8. The van der Waals surface area contributed by atoms with Gasteiger partial charge in [-0.2, -0.15) is 0 Å². The van der Waals surface area contributed by atoms with Gasteiger partial charge < -0.3 is 19.1 Å². The highest BCUT2D eigenvalue weighted by molar-refractivity contribution is 5.77. The average molecular weight is 605 g/mol. The van der Waals surface area contributed by atoms with Gasteiger partial charge in [0.1, 0.15) is 29.7 Å². The van der Waals surface area contributed by atoms with E-state index in [0.29, 0.717) is 36.6 Å².